The summed E-state index contributed by atoms with van der Waals surface area (Å²) in [6.45, 7) is 4.23. The number of nitrogens with one attached hydrogen (secondary N) is 1. The highest BCUT2D eigenvalue weighted by Crippen LogP contribution is 2.09. The number of aromatic nitrogens is 2. The van der Waals surface area contributed by atoms with E-state index in [2.05, 4.69) is 15.2 Å². The molecule has 3 heterocycles. The van der Waals surface area contributed by atoms with Crippen LogP contribution in [-0.2, 0) is 23.1 Å². The van der Waals surface area contributed by atoms with Gasteiger partial charge in [-0.3, -0.25) is 9.69 Å². The van der Waals surface area contributed by atoms with Crippen LogP contribution in [0.2, 0.25) is 0 Å². The highest BCUT2D eigenvalue weighted by molar-refractivity contribution is 5.74. The number of ether oxygens (including phenoxy) is 1. The van der Waals surface area contributed by atoms with Gasteiger partial charge >= 0.3 is 6.03 Å². The number of urea groups is 1. The first kappa shape index (κ1) is 19.2. The minimum Gasteiger partial charge on any atom is -0.483 e. The monoisotopic (exact) mass is 355 g/mol. The smallest absolute Gasteiger partial charge is 0.317 e. The highest BCUT2D eigenvalue weighted by Gasteiger charge is 2.30. The zero-order valence-electron chi connectivity index (χ0n) is 14.2. The Balaban J connectivity index is 0.000000701. The second-order valence-electron chi connectivity index (χ2n) is 5.98. The number of imidazole rings is 1. The van der Waals surface area contributed by atoms with Crippen molar-refractivity contribution in [3.8, 4) is 0 Å². The molecule has 25 heavy (non-hydrogen) atoms. The van der Waals surface area contributed by atoms with E-state index in [9.17, 15) is 9.90 Å². The van der Waals surface area contributed by atoms with E-state index in [1.54, 1.807) is 11.1 Å². The summed E-state index contributed by atoms with van der Waals surface area (Å²) < 4.78 is 7.16. The molecule has 1 aromatic heterocycles. The van der Waals surface area contributed by atoms with Gasteiger partial charge in [-0.15, -0.1) is 0 Å². The molecule has 0 spiro atoms. The standard InChI is InChI=1S/C14H23N5O3.CH2O2/c1-17-3-2-15-13(17)8-18-4-6-19(7-5-18)14(21)16-11-9-22-10-12(11)20;2-1-3/h2-3,11-12,20H,4-10H2,1H3,(H,16,21);1H,(H,2,3)/t11-,12-;/m0./s1. The second-order valence-corrected chi connectivity index (χ2v) is 5.98. The van der Waals surface area contributed by atoms with E-state index < -0.39 is 6.10 Å². The van der Waals surface area contributed by atoms with Gasteiger partial charge in [-0.25, -0.2) is 9.78 Å². The predicted molar refractivity (Wildman–Crippen MR) is 87.9 cm³/mol. The summed E-state index contributed by atoms with van der Waals surface area (Å²) in [5, 5.41) is 19.4. The van der Waals surface area contributed by atoms with Crippen LogP contribution in [0, 0.1) is 0 Å². The molecule has 3 rings (SSSR count). The molecule has 2 saturated heterocycles. The van der Waals surface area contributed by atoms with Crippen LogP contribution in [0.5, 0.6) is 0 Å². The van der Waals surface area contributed by atoms with E-state index in [1.165, 1.54) is 0 Å². The number of hydrogen-bond donors (Lipinski definition) is 3. The largest absolute Gasteiger partial charge is 0.483 e. The fraction of sp³-hybridized carbons (Fsp3) is 0.667. The van der Waals surface area contributed by atoms with E-state index in [0.29, 0.717) is 26.3 Å². The molecule has 0 aliphatic carbocycles. The SMILES string of the molecule is Cn1ccnc1CN1CCN(C(=O)N[C@H]2COC[C@@H]2O)CC1.O=CO. The summed E-state index contributed by atoms with van der Waals surface area (Å²) in [6.07, 6.45) is 3.14. The number of piperazine rings is 1. The molecule has 10 heteroatoms. The second kappa shape index (κ2) is 9.35. The Labute approximate surface area is 146 Å². The van der Waals surface area contributed by atoms with Gasteiger partial charge in [0.05, 0.1) is 31.9 Å². The van der Waals surface area contributed by atoms with Crippen LogP contribution in [0.1, 0.15) is 5.82 Å². The predicted octanol–water partition coefficient (Wildman–Crippen LogP) is -1.29. The molecule has 0 bridgehead atoms. The van der Waals surface area contributed by atoms with Gasteiger partial charge in [0.1, 0.15) is 5.82 Å². The van der Waals surface area contributed by atoms with Crippen LogP contribution < -0.4 is 5.32 Å². The van der Waals surface area contributed by atoms with Crippen molar-refractivity contribution in [3.05, 3.63) is 18.2 Å². The molecule has 0 aromatic carbocycles. The Morgan fingerprint density at radius 1 is 1.40 bits per heavy atom. The highest BCUT2D eigenvalue weighted by atomic mass is 16.5. The topological polar surface area (TPSA) is 120 Å². The summed E-state index contributed by atoms with van der Waals surface area (Å²) in [4.78, 5) is 29.0. The van der Waals surface area contributed by atoms with Gasteiger partial charge in [-0.1, -0.05) is 0 Å². The molecule has 1 aromatic rings. The van der Waals surface area contributed by atoms with Crippen LogP contribution in [0.3, 0.4) is 0 Å². The molecule has 140 valence electrons. The van der Waals surface area contributed by atoms with Gasteiger partial charge in [0.25, 0.3) is 6.47 Å². The normalized spacial score (nSPS) is 23.7. The van der Waals surface area contributed by atoms with Crippen molar-refractivity contribution < 1.29 is 24.5 Å². The average molecular weight is 355 g/mol. The third-order valence-corrected chi connectivity index (χ3v) is 4.30. The fourth-order valence-corrected chi connectivity index (χ4v) is 2.79. The summed E-state index contributed by atoms with van der Waals surface area (Å²) in [5.41, 5.74) is 0. The van der Waals surface area contributed by atoms with Crippen LogP contribution in [0.25, 0.3) is 0 Å². The Hall–Kier alpha value is -2.17. The quantitative estimate of drug-likeness (QED) is 0.577. The fourth-order valence-electron chi connectivity index (χ4n) is 2.79. The average Bonchev–Trinajstić information content (AvgIpc) is 3.18. The molecule has 2 amide bonds. The minimum atomic E-state index is -0.603. The Morgan fingerprint density at radius 2 is 2.08 bits per heavy atom. The zero-order chi connectivity index (χ0) is 18.2. The van der Waals surface area contributed by atoms with Crippen molar-refractivity contribution in [2.75, 3.05) is 39.4 Å². The molecule has 10 nitrogen and oxygen atoms in total. The van der Waals surface area contributed by atoms with Gasteiger partial charge in [-0.05, 0) is 0 Å². The number of carbonyl (C=O) groups is 2. The number of aliphatic hydroxyl groups excluding tert-OH is 1. The van der Waals surface area contributed by atoms with E-state index in [1.807, 2.05) is 17.8 Å². The van der Waals surface area contributed by atoms with Crippen LogP contribution in [0.4, 0.5) is 4.79 Å². The Morgan fingerprint density at radius 3 is 2.60 bits per heavy atom. The third-order valence-electron chi connectivity index (χ3n) is 4.30. The van der Waals surface area contributed by atoms with Crippen LogP contribution in [0.15, 0.2) is 12.4 Å². The van der Waals surface area contributed by atoms with E-state index >= 15 is 0 Å². The Kier molecular flexibility index (Phi) is 7.16. The van der Waals surface area contributed by atoms with Gasteiger partial charge in [0.2, 0.25) is 0 Å². The van der Waals surface area contributed by atoms with Gasteiger partial charge < -0.3 is 29.7 Å². The van der Waals surface area contributed by atoms with Crippen molar-refractivity contribution in [1.29, 1.82) is 0 Å². The molecule has 0 saturated carbocycles. The summed E-state index contributed by atoms with van der Waals surface area (Å²) >= 11 is 0. The maximum atomic E-state index is 12.2. The number of carbonyl (C=O) groups excluding carboxylic acids is 1. The number of aryl methyl sites for hydroxylation is 1. The van der Waals surface area contributed by atoms with Crippen molar-refractivity contribution in [1.82, 2.24) is 24.7 Å². The molecular formula is C15H25N5O5. The number of amides is 2. The lowest BCUT2D eigenvalue weighted by molar-refractivity contribution is -0.122. The first-order chi connectivity index (χ1) is 12.0. The summed E-state index contributed by atoms with van der Waals surface area (Å²) in [7, 11) is 1.99. The maximum Gasteiger partial charge on any atom is 0.317 e. The molecule has 2 atom stereocenters. The van der Waals surface area contributed by atoms with E-state index in [-0.39, 0.29) is 18.5 Å². The van der Waals surface area contributed by atoms with Crippen molar-refractivity contribution in [2.45, 2.75) is 18.7 Å². The van der Waals surface area contributed by atoms with Crippen molar-refractivity contribution >= 4 is 12.5 Å². The summed E-state index contributed by atoms with van der Waals surface area (Å²) in [5.74, 6) is 1.03. The maximum absolute atomic E-state index is 12.2. The van der Waals surface area contributed by atoms with E-state index in [0.717, 1.165) is 25.5 Å². The first-order valence-corrected chi connectivity index (χ1v) is 8.12. The third kappa shape index (κ3) is 5.41. The number of rotatable bonds is 3. The summed E-state index contributed by atoms with van der Waals surface area (Å²) in [6, 6.07) is -0.413. The van der Waals surface area contributed by atoms with Crippen molar-refractivity contribution in [3.63, 3.8) is 0 Å². The van der Waals surface area contributed by atoms with E-state index in [4.69, 9.17) is 14.6 Å². The molecule has 2 aliphatic rings. The molecular weight excluding hydrogens is 330 g/mol. The molecule has 2 aliphatic heterocycles. The zero-order valence-corrected chi connectivity index (χ0v) is 14.2. The van der Waals surface area contributed by atoms with Gasteiger partial charge in [-0.2, -0.15) is 0 Å². The first-order valence-electron chi connectivity index (χ1n) is 8.12. The lowest BCUT2D eigenvalue weighted by atomic mass is 10.2. The van der Waals surface area contributed by atoms with Gasteiger partial charge in [0, 0.05) is 45.6 Å². The number of hydrogen-bond acceptors (Lipinski definition) is 6. The number of carboxylic acid groups (broad SMARTS) is 1. The number of aliphatic hydroxyl groups is 1. The lowest BCUT2D eigenvalue weighted by Gasteiger charge is -2.35. The molecule has 0 unspecified atom stereocenters. The van der Waals surface area contributed by atoms with Gasteiger partial charge in [0.15, 0.2) is 0 Å². The lowest BCUT2D eigenvalue weighted by Crippen LogP contribution is -2.55. The molecule has 2 fully saturated rings. The molecule has 0 radical (unpaired) electrons. The Bertz CT molecular complexity index is 558. The van der Waals surface area contributed by atoms with Crippen LogP contribution >= 0.6 is 0 Å². The van der Waals surface area contributed by atoms with Crippen molar-refractivity contribution in [2.24, 2.45) is 7.05 Å². The van der Waals surface area contributed by atoms with Crippen LogP contribution in [-0.4, -0.2) is 93.6 Å². The number of nitrogens with zero attached hydrogens (tertiary/aromatic N) is 4. The molecule has 3 N–H and O–H groups in total. The minimum absolute atomic E-state index is 0.119.